The van der Waals surface area contributed by atoms with Crippen molar-refractivity contribution in [2.24, 2.45) is 0 Å². The SMILES string of the molecule is CCCc1cc(-c2nnc(SCc3cccc(Br)c3)n2C(C)C)cs1. The molecule has 0 aliphatic heterocycles. The van der Waals surface area contributed by atoms with Crippen molar-refractivity contribution in [1.82, 2.24) is 14.8 Å². The van der Waals surface area contributed by atoms with Gasteiger partial charge in [0.2, 0.25) is 0 Å². The van der Waals surface area contributed by atoms with Crippen LogP contribution in [0.25, 0.3) is 11.4 Å². The lowest BCUT2D eigenvalue weighted by molar-refractivity contribution is 0.555. The number of halogens is 1. The normalized spacial score (nSPS) is 11.4. The lowest BCUT2D eigenvalue weighted by atomic mass is 10.2. The van der Waals surface area contributed by atoms with E-state index in [-0.39, 0.29) is 0 Å². The van der Waals surface area contributed by atoms with Crippen LogP contribution in [0.1, 0.15) is 43.7 Å². The van der Waals surface area contributed by atoms with E-state index in [2.05, 4.69) is 81.1 Å². The first kappa shape index (κ1) is 18.7. The third kappa shape index (κ3) is 4.54. The van der Waals surface area contributed by atoms with E-state index in [9.17, 15) is 0 Å². The van der Waals surface area contributed by atoms with Crippen molar-refractivity contribution in [1.29, 1.82) is 0 Å². The van der Waals surface area contributed by atoms with Crippen molar-refractivity contribution in [3.8, 4) is 11.4 Å². The number of benzene rings is 1. The van der Waals surface area contributed by atoms with Gasteiger partial charge in [-0.3, -0.25) is 4.57 Å². The summed E-state index contributed by atoms with van der Waals surface area (Å²) in [7, 11) is 0. The summed E-state index contributed by atoms with van der Waals surface area (Å²) in [5, 5.41) is 12.2. The summed E-state index contributed by atoms with van der Waals surface area (Å²) in [6, 6.07) is 11.0. The maximum atomic E-state index is 4.50. The summed E-state index contributed by atoms with van der Waals surface area (Å²) >= 11 is 7.09. The molecule has 2 aromatic heterocycles. The van der Waals surface area contributed by atoms with Crippen molar-refractivity contribution in [2.45, 2.75) is 50.6 Å². The van der Waals surface area contributed by atoms with Gasteiger partial charge in [0.25, 0.3) is 0 Å². The van der Waals surface area contributed by atoms with Crippen LogP contribution in [0.4, 0.5) is 0 Å². The van der Waals surface area contributed by atoms with Gasteiger partial charge in [-0.2, -0.15) is 0 Å². The Kier molecular flexibility index (Phi) is 6.36. The highest BCUT2D eigenvalue weighted by Gasteiger charge is 2.18. The fraction of sp³-hybridized carbons (Fsp3) is 0.368. The molecule has 0 spiro atoms. The van der Waals surface area contributed by atoms with Gasteiger partial charge in [0.1, 0.15) is 0 Å². The summed E-state index contributed by atoms with van der Waals surface area (Å²) in [6.45, 7) is 6.59. The maximum Gasteiger partial charge on any atom is 0.192 e. The molecule has 0 aliphatic rings. The van der Waals surface area contributed by atoms with Gasteiger partial charge in [-0.15, -0.1) is 21.5 Å². The topological polar surface area (TPSA) is 30.7 Å². The van der Waals surface area contributed by atoms with E-state index < -0.39 is 0 Å². The first-order valence-corrected chi connectivity index (χ1v) is 11.1. The molecule has 3 aromatic rings. The molecule has 132 valence electrons. The van der Waals surface area contributed by atoms with Gasteiger partial charge in [-0.25, -0.2) is 0 Å². The van der Waals surface area contributed by atoms with E-state index in [4.69, 9.17) is 0 Å². The number of thiophene rings is 1. The molecule has 2 heterocycles. The molecule has 1 aromatic carbocycles. The molecule has 0 bridgehead atoms. The molecule has 6 heteroatoms. The molecule has 3 nitrogen and oxygen atoms in total. The fourth-order valence-corrected chi connectivity index (χ4v) is 5.11. The van der Waals surface area contributed by atoms with Crippen LogP contribution in [0.5, 0.6) is 0 Å². The lowest BCUT2D eigenvalue weighted by Gasteiger charge is -2.13. The smallest absolute Gasteiger partial charge is 0.192 e. The maximum absolute atomic E-state index is 4.50. The van der Waals surface area contributed by atoms with E-state index in [1.807, 2.05) is 17.4 Å². The van der Waals surface area contributed by atoms with E-state index >= 15 is 0 Å². The van der Waals surface area contributed by atoms with Crippen LogP contribution < -0.4 is 0 Å². The molecule has 0 saturated heterocycles. The fourth-order valence-electron chi connectivity index (χ4n) is 2.69. The molecular weight excluding hydrogens is 414 g/mol. The predicted octanol–water partition coefficient (Wildman–Crippen LogP) is 6.59. The van der Waals surface area contributed by atoms with Gasteiger partial charge in [0, 0.05) is 32.1 Å². The highest BCUT2D eigenvalue weighted by molar-refractivity contribution is 9.10. The monoisotopic (exact) mass is 435 g/mol. The Hall–Kier alpha value is -1.11. The summed E-state index contributed by atoms with van der Waals surface area (Å²) in [6.07, 6.45) is 2.30. The Morgan fingerprint density at radius 1 is 1.24 bits per heavy atom. The van der Waals surface area contributed by atoms with Crippen molar-refractivity contribution in [3.63, 3.8) is 0 Å². The molecule has 0 fully saturated rings. The molecule has 0 amide bonds. The van der Waals surface area contributed by atoms with Gasteiger partial charge in [-0.1, -0.05) is 53.2 Å². The van der Waals surface area contributed by atoms with Crippen LogP contribution in [-0.4, -0.2) is 14.8 Å². The number of hydrogen-bond acceptors (Lipinski definition) is 4. The molecule has 0 N–H and O–H groups in total. The second kappa shape index (κ2) is 8.52. The van der Waals surface area contributed by atoms with Gasteiger partial charge in [-0.05, 0) is 44.0 Å². The van der Waals surface area contributed by atoms with Gasteiger partial charge >= 0.3 is 0 Å². The number of rotatable bonds is 7. The minimum atomic E-state index is 0.324. The quantitative estimate of drug-likeness (QED) is 0.391. The number of hydrogen-bond donors (Lipinski definition) is 0. The Bertz CT molecular complexity index is 839. The first-order valence-electron chi connectivity index (χ1n) is 8.48. The van der Waals surface area contributed by atoms with Gasteiger partial charge in [0.15, 0.2) is 11.0 Å². The predicted molar refractivity (Wildman–Crippen MR) is 111 cm³/mol. The average Bonchev–Trinajstić information content (AvgIpc) is 3.19. The molecule has 0 unspecified atom stereocenters. The van der Waals surface area contributed by atoms with E-state index in [1.165, 1.54) is 22.4 Å². The van der Waals surface area contributed by atoms with Crippen molar-refractivity contribution >= 4 is 39.0 Å². The van der Waals surface area contributed by atoms with Crippen LogP contribution in [0.15, 0.2) is 45.3 Å². The highest BCUT2D eigenvalue weighted by Crippen LogP contribution is 2.32. The average molecular weight is 436 g/mol. The summed E-state index contributed by atoms with van der Waals surface area (Å²) < 4.78 is 3.36. The second-order valence-electron chi connectivity index (χ2n) is 6.24. The molecular formula is C19H22BrN3S2. The number of aromatic nitrogens is 3. The molecule has 0 atom stereocenters. The Labute approximate surface area is 166 Å². The Morgan fingerprint density at radius 2 is 2.08 bits per heavy atom. The van der Waals surface area contributed by atoms with Crippen LogP contribution in [0.3, 0.4) is 0 Å². The van der Waals surface area contributed by atoms with E-state index in [1.54, 1.807) is 11.8 Å². The molecule has 25 heavy (non-hydrogen) atoms. The first-order chi connectivity index (χ1) is 12.1. The second-order valence-corrected chi connectivity index (χ2v) is 9.09. The summed E-state index contributed by atoms with van der Waals surface area (Å²) in [5.41, 5.74) is 2.46. The zero-order chi connectivity index (χ0) is 17.8. The molecule has 0 radical (unpaired) electrons. The summed E-state index contributed by atoms with van der Waals surface area (Å²) in [5.74, 6) is 1.86. The van der Waals surface area contributed by atoms with Crippen LogP contribution >= 0.6 is 39.0 Å². The zero-order valence-corrected chi connectivity index (χ0v) is 17.9. The third-order valence-corrected chi connectivity index (χ3v) is 6.35. The van der Waals surface area contributed by atoms with Crippen molar-refractivity contribution in [2.75, 3.05) is 0 Å². The zero-order valence-electron chi connectivity index (χ0n) is 14.7. The number of thioether (sulfide) groups is 1. The van der Waals surface area contributed by atoms with Gasteiger partial charge < -0.3 is 0 Å². The van der Waals surface area contributed by atoms with E-state index in [0.717, 1.165) is 27.6 Å². The number of aryl methyl sites for hydroxylation is 1. The van der Waals surface area contributed by atoms with Crippen molar-refractivity contribution in [3.05, 3.63) is 50.6 Å². The Balaban J connectivity index is 1.84. The number of nitrogens with zero attached hydrogens (tertiary/aromatic N) is 3. The van der Waals surface area contributed by atoms with Gasteiger partial charge in [0.05, 0.1) is 0 Å². The van der Waals surface area contributed by atoms with E-state index in [0.29, 0.717) is 6.04 Å². The molecule has 3 rings (SSSR count). The van der Waals surface area contributed by atoms with Crippen LogP contribution in [0.2, 0.25) is 0 Å². The highest BCUT2D eigenvalue weighted by atomic mass is 79.9. The summed E-state index contributed by atoms with van der Waals surface area (Å²) in [4.78, 5) is 1.42. The lowest BCUT2D eigenvalue weighted by Crippen LogP contribution is -2.04. The van der Waals surface area contributed by atoms with Crippen LogP contribution in [0, 0.1) is 0 Å². The minimum absolute atomic E-state index is 0.324. The minimum Gasteiger partial charge on any atom is -0.299 e. The van der Waals surface area contributed by atoms with Crippen molar-refractivity contribution < 1.29 is 0 Å². The van der Waals surface area contributed by atoms with Crippen LogP contribution in [-0.2, 0) is 12.2 Å². The standard InChI is InChI=1S/C19H22BrN3S2/c1-4-6-17-10-15(12-24-17)18-21-22-19(23(18)13(2)3)25-11-14-7-5-8-16(20)9-14/h5,7-10,12-13H,4,6,11H2,1-3H3. The molecule has 0 saturated carbocycles. The largest absolute Gasteiger partial charge is 0.299 e. The third-order valence-electron chi connectivity index (χ3n) is 3.85. The Morgan fingerprint density at radius 3 is 2.80 bits per heavy atom. The molecule has 0 aliphatic carbocycles.